The van der Waals surface area contributed by atoms with Crippen LogP contribution < -0.4 is 5.32 Å². The molecule has 1 fully saturated rings. The van der Waals surface area contributed by atoms with Gasteiger partial charge in [0, 0.05) is 12.1 Å². The van der Waals surface area contributed by atoms with E-state index in [1.165, 1.54) is 32.1 Å². The van der Waals surface area contributed by atoms with Crippen molar-refractivity contribution in [1.29, 1.82) is 5.26 Å². The van der Waals surface area contributed by atoms with Crippen LogP contribution in [0.5, 0.6) is 0 Å². The van der Waals surface area contributed by atoms with Gasteiger partial charge in [0.2, 0.25) is 0 Å². The summed E-state index contributed by atoms with van der Waals surface area (Å²) in [5.41, 5.74) is -0.392. The summed E-state index contributed by atoms with van der Waals surface area (Å²) >= 11 is 0. The van der Waals surface area contributed by atoms with E-state index in [9.17, 15) is 5.26 Å². The molecular formula is C15H29N3. The minimum absolute atomic E-state index is 0.392. The fourth-order valence-corrected chi connectivity index (χ4v) is 3.13. The van der Waals surface area contributed by atoms with Crippen LogP contribution in [0.3, 0.4) is 0 Å². The first-order valence-electron chi connectivity index (χ1n) is 7.40. The minimum Gasteiger partial charge on any atom is -0.301 e. The Bertz CT molecular complexity index is 278. The summed E-state index contributed by atoms with van der Waals surface area (Å²) in [6, 6.07) is 3.61. The van der Waals surface area contributed by atoms with Crippen LogP contribution in [-0.4, -0.2) is 36.1 Å². The summed E-state index contributed by atoms with van der Waals surface area (Å²) in [5, 5.41) is 12.6. The molecule has 0 heterocycles. The fourth-order valence-electron chi connectivity index (χ4n) is 3.13. The number of rotatable bonds is 6. The Hall–Kier alpha value is -0.590. The highest BCUT2D eigenvalue weighted by molar-refractivity contribution is 5.05. The van der Waals surface area contributed by atoms with Crippen LogP contribution in [0.2, 0.25) is 0 Å². The third kappa shape index (κ3) is 4.26. The lowest BCUT2D eigenvalue weighted by Crippen LogP contribution is -2.48. The van der Waals surface area contributed by atoms with Crippen LogP contribution in [0.4, 0.5) is 0 Å². The van der Waals surface area contributed by atoms with Gasteiger partial charge >= 0.3 is 0 Å². The highest BCUT2D eigenvalue weighted by Crippen LogP contribution is 2.25. The lowest BCUT2D eigenvalue weighted by molar-refractivity contribution is 0.127. The van der Waals surface area contributed by atoms with E-state index in [0.29, 0.717) is 6.04 Å². The first-order valence-corrected chi connectivity index (χ1v) is 7.40. The molecule has 1 aliphatic rings. The lowest BCUT2D eigenvalue weighted by atomic mass is 9.90. The number of nitrogens with zero attached hydrogens (tertiary/aromatic N) is 2. The molecule has 104 valence electrons. The van der Waals surface area contributed by atoms with Crippen LogP contribution in [0, 0.1) is 11.3 Å². The molecule has 1 saturated carbocycles. The molecule has 0 bridgehead atoms. The van der Waals surface area contributed by atoms with Crippen molar-refractivity contribution >= 4 is 0 Å². The van der Waals surface area contributed by atoms with Gasteiger partial charge in [-0.3, -0.25) is 5.32 Å². The SMILES string of the molecule is CCNC(C)(C#N)CC(C)N(C)C1CCCCC1. The van der Waals surface area contributed by atoms with E-state index in [1.807, 2.05) is 6.92 Å². The molecule has 0 aromatic rings. The Morgan fingerprint density at radius 2 is 2.00 bits per heavy atom. The summed E-state index contributed by atoms with van der Waals surface area (Å²) < 4.78 is 0. The quantitative estimate of drug-likeness (QED) is 0.789. The first kappa shape index (κ1) is 15.5. The van der Waals surface area contributed by atoms with E-state index in [0.717, 1.165) is 19.0 Å². The van der Waals surface area contributed by atoms with Crippen LogP contribution in [0.1, 0.15) is 59.3 Å². The average Bonchev–Trinajstić information content (AvgIpc) is 2.39. The van der Waals surface area contributed by atoms with Crippen LogP contribution >= 0.6 is 0 Å². The largest absolute Gasteiger partial charge is 0.301 e. The maximum Gasteiger partial charge on any atom is 0.105 e. The zero-order chi connectivity index (χ0) is 13.6. The number of hydrogen-bond donors (Lipinski definition) is 1. The Morgan fingerprint density at radius 1 is 1.39 bits per heavy atom. The third-order valence-corrected chi connectivity index (χ3v) is 4.36. The Morgan fingerprint density at radius 3 is 2.50 bits per heavy atom. The van der Waals surface area contributed by atoms with Crippen molar-refractivity contribution in [1.82, 2.24) is 10.2 Å². The van der Waals surface area contributed by atoms with E-state index < -0.39 is 5.54 Å². The molecule has 0 saturated heterocycles. The van der Waals surface area contributed by atoms with E-state index in [1.54, 1.807) is 0 Å². The molecular weight excluding hydrogens is 222 g/mol. The molecule has 1 N–H and O–H groups in total. The van der Waals surface area contributed by atoms with Crippen LogP contribution in [0.15, 0.2) is 0 Å². The maximum atomic E-state index is 9.33. The predicted octanol–water partition coefficient (Wildman–Crippen LogP) is 2.92. The van der Waals surface area contributed by atoms with Gasteiger partial charge in [-0.1, -0.05) is 26.2 Å². The van der Waals surface area contributed by atoms with E-state index >= 15 is 0 Å². The molecule has 0 aliphatic heterocycles. The predicted molar refractivity (Wildman–Crippen MR) is 76.4 cm³/mol. The number of hydrogen-bond acceptors (Lipinski definition) is 3. The normalized spacial score (nSPS) is 22.4. The molecule has 0 amide bonds. The fraction of sp³-hybridized carbons (Fsp3) is 0.933. The monoisotopic (exact) mass is 251 g/mol. The van der Waals surface area contributed by atoms with Crippen LogP contribution in [-0.2, 0) is 0 Å². The van der Waals surface area contributed by atoms with Gasteiger partial charge < -0.3 is 4.90 Å². The lowest BCUT2D eigenvalue weighted by Gasteiger charge is -2.38. The molecule has 1 aliphatic carbocycles. The average molecular weight is 251 g/mol. The van der Waals surface area contributed by atoms with Crippen molar-refractivity contribution in [3.63, 3.8) is 0 Å². The molecule has 0 spiro atoms. The topological polar surface area (TPSA) is 39.1 Å². The summed E-state index contributed by atoms with van der Waals surface area (Å²) in [7, 11) is 2.23. The van der Waals surface area contributed by atoms with Gasteiger partial charge in [0.15, 0.2) is 0 Å². The molecule has 18 heavy (non-hydrogen) atoms. The van der Waals surface area contributed by atoms with Gasteiger partial charge in [0.25, 0.3) is 0 Å². The van der Waals surface area contributed by atoms with Crippen molar-refractivity contribution in [2.75, 3.05) is 13.6 Å². The highest BCUT2D eigenvalue weighted by atomic mass is 15.2. The second kappa shape index (κ2) is 7.11. The van der Waals surface area contributed by atoms with Gasteiger partial charge in [-0.25, -0.2) is 0 Å². The van der Waals surface area contributed by atoms with E-state index in [4.69, 9.17) is 0 Å². The van der Waals surface area contributed by atoms with Gasteiger partial charge in [0.1, 0.15) is 5.54 Å². The van der Waals surface area contributed by atoms with Crippen molar-refractivity contribution in [2.45, 2.75) is 76.9 Å². The number of nitriles is 1. The second-order valence-electron chi connectivity index (χ2n) is 5.98. The molecule has 0 aromatic carbocycles. The zero-order valence-corrected chi connectivity index (χ0v) is 12.5. The molecule has 2 unspecified atom stereocenters. The van der Waals surface area contributed by atoms with Crippen molar-refractivity contribution in [3.8, 4) is 6.07 Å². The van der Waals surface area contributed by atoms with Crippen molar-refractivity contribution < 1.29 is 0 Å². The summed E-state index contributed by atoms with van der Waals surface area (Å²) in [6.45, 7) is 7.18. The summed E-state index contributed by atoms with van der Waals surface area (Å²) in [5.74, 6) is 0. The van der Waals surface area contributed by atoms with E-state index in [-0.39, 0.29) is 0 Å². The Kier molecular flexibility index (Phi) is 6.11. The van der Waals surface area contributed by atoms with Crippen LogP contribution in [0.25, 0.3) is 0 Å². The molecule has 0 aromatic heterocycles. The summed E-state index contributed by atoms with van der Waals surface area (Å²) in [4.78, 5) is 2.49. The highest BCUT2D eigenvalue weighted by Gasteiger charge is 2.29. The Balaban J connectivity index is 2.52. The van der Waals surface area contributed by atoms with Gasteiger partial charge in [-0.05, 0) is 46.7 Å². The summed E-state index contributed by atoms with van der Waals surface area (Å²) in [6.07, 6.45) is 7.67. The van der Waals surface area contributed by atoms with Crippen molar-refractivity contribution in [2.24, 2.45) is 0 Å². The molecule has 2 atom stereocenters. The van der Waals surface area contributed by atoms with Crippen molar-refractivity contribution in [3.05, 3.63) is 0 Å². The van der Waals surface area contributed by atoms with Gasteiger partial charge in [-0.15, -0.1) is 0 Å². The maximum absolute atomic E-state index is 9.33. The van der Waals surface area contributed by atoms with Gasteiger partial charge in [0.05, 0.1) is 6.07 Å². The molecule has 0 radical (unpaired) electrons. The molecule has 3 heteroatoms. The number of nitrogens with one attached hydrogen (secondary N) is 1. The molecule has 1 rings (SSSR count). The van der Waals surface area contributed by atoms with Gasteiger partial charge in [-0.2, -0.15) is 5.26 Å². The first-order chi connectivity index (χ1) is 8.52. The zero-order valence-electron chi connectivity index (χ0n) is 12.5. The second-order valence-corrected chi connectivity index (χ2v) is 5.98. The Labute approximate surface area is 113 Å². The standard InChI is InChI=1S/C15H29N3/c1-5-17-15(3,12-16)11-13(2)18(4)14-9-7-6-8-10-14/h13-14,17H,5-11H2,1-4H3. The minimum atomic E-state index is -0.392. The van der Waals surface area contributed by atoms with E-state index in [2.05, 4.69) is 37.2 Å². The molecule has 3 nitrogen and oxygen atoms in total. The smallest absolute Gasteiger partial charge is 0.105 e. The third-order valence-electron chi connectivity index (χ3n) is 4.36.